The molecular formula is C10H10FNO. The quantitative estimate of drug-likeness (QED) is 0.389. The molecule has 0 spiro atoms. The zero-order chi connectivity index (χ0) is 9.90. The molecule has 0 saturated carbocycles. The topological polar surface area (TPSA) is 29.4 Å². The predicted molar refractivity (Wildman–Crippen MR) is 47.8 cm³/mol. The summed E-state index contributed by atoms with van der Waals surface area (Å²) < 4.78 is 13.7. The summed E-state index contributed by atoms with van der Waals surface area (Å²) in [5, 5.41) is 0. The molecule has 0 N–H and O–H groups in total. The van der Waals surface area contributed by atoms with Gasteiger partial charge in [0.05, 0.1) is 0 Å². The predicted octanol–water partition coefficient (Wildman–Crippen LogP) is 2.47. The minimum Gasteiger partial charge on any atom is -0.212 e. The van der Waals surface area contributed by atoms with Gasteiger partial charge in [-0.25, -0.2) is 9.18 Å². The second-order valence-electron chi connectivity index (χ2n) is 2.97. The van der Waals surface area contributed by atoms with Crippen LogP contribution < -0.4 is 0 Å². The van der Waals surface area contributed by atoms with Gasteiger partial charge in [-0.1, -0.05) is 24.3 Å². The van der Waals surface area contributed by atoms with Crippen molar-refractivity contribution in [1.82, 2.24) is 0 Å². The number of alkyl halides is 1. The van der Waals surface area contributed by atoms with Crippen LogP contribution in [0.4, 0.5) is 4.39 Å². The highest BCUT2D eigenvalue weighted by atomic mass is 19.1. The van der Waals surface area contributed by atoms with Gasteiger partial charge in [0.15, 0.2) is 0 Å². The molecule has 0 aliphatic rings. The second kappa shape index (κ2) is 3.50. The van der Waals surface area contributed by atoms with Crippen LogP contribution in [0.5, 0.6) is 0 Å². The van der Waals surface area contributed by atoms with E-state index in [9.17, 15) is 9.18 Å². The van der Waals surface area contributed by atoms with Crippen molar-refractivity contribution in [2.75, 3.05) is 0 Å². The number of benzene rings is 1. The number of hydrogen-bond donors (Lipinski definition) is 0. The highest BCUT2D eigenvalue weighted by Gasteiger charge is 2.25. The van der Waals surface area contributed by atoms with E-state index in [-0.39, 0.29) is 0 Å². The van der Waals surface area contributed by atoms with Crippen LogP contribution in [-0.2, 0) is 10.6 Å². The maximum atomic E-state index is 13.7. The summed E-state index contributed by atoms with van der Waals surface area (Å²) in [6, 6.07) is 6.89. The van der Waals surface area contributed by atoms with E-state index >= 15 is 0 Å². The van der Waals surface area contributed by atoms with E-state index in [1.54, 1.807) is 31.2 Å². The summed E-state index contributed by atoms with van der Waals surface area (Å²) in [6.07, 6.45) is 1.23. The zero-order valence-corrected chi connectivity index (χ0v) is 7.54. The van der Waals surface area contributed by atoms with Crippen molar-refractivity contribution >= 4 is 6.08 Å². The molecular weight excluding hydrogens is 169 g/mol. The van der Waals surface area contributed by atoms with Crippen LogP contribution in [0.25, 0.3) is 0 Å². The van der Waals surface area contributed by atoms with Crippen molar-refractivity contribution in [3.05, 3.63) is 35.4 Å². The molecule has 1 aromatic rings. The van der Waals surface area contributed by atoms with Gasteiger partial charge in [0, 0.05) is 5.56 Å². The third-order valence-corrected chi connectivity index (χ3v) is 1.89. The van der Waals surface area contributed by atoms with Crippen LogP contribution in [0.1, 0.15) is 18.1 Å². The van der Waals surface area contributed by atoms with E-state index < -0.39 is 5.79 Å². The molecule has 3 heteroatoms. The van der Waals surface area contributed by atoms with Crippen LogP contribution in [0, 0.1) is 6.92 Å². The van der Waals surface area contributed by atoms with E-state index in [2.05, 4.69) is 4.99 Å². The second-order valence-corrected chi connectivity index (χ2v) is 2.97. The van der Waals surface area contributed by atoms with Crippen molar-refractivity contribution in [3.8, 4) is 0 Å². The third kappa shape index (κ3) is 2.01. The molecule has 1 rings (SSSR count). The van der Waals surface area contributed by atoms with Gasteiger partial charge in [-0.2, -0.15) is 4.99 Å². The monoisotopic (exact) mass is 179 g/mol. The van der Waals surface area contributed by atoms with Crippen molar-refractivity contribution in [3.63, 3.8) is 0 Å². The Bertz CT molecular complexity index is 354. The van der Waals surface area contributed by atoms with Crippen molar-refractivity contribution in [2.45, 2.75) is 19.6 Å². The summed E-state index contributed by atoms with van der Waals surface area (Å²) in [5.41, 5.74) is 1.17. The van der Waals surface area contributed by atoms with Crippen LogP contribution in [0.3, 0.4) is 0 Å². The minimum absolute atomic E-state index is 0.401. The fraction of sp³-hybridized carbons (Fsp3) is 0.300. The molecule has 0 radical (unpaired) electrons. The fourth-order valence-electron chi connectivity index (χ4n) is 1.23. The molecule has 0 amide bonds. The van der Waals surface area contributed by atoms with E-state index in [1.165, 1.54) is 13.0 Å². The van der Waals surface area contributed by atoms with Gasteiger partial charge in [0.25, 0.3) is 0 Å². The Morgan fingerprint density at radius 3 is 2.62 bits per heavy atom. The number of aryl methyl sites for hydroxylation is 1. The zero-order valence-electron chi connectivity index (χ0n) is 7.54. The van der Waals surface area contributed by atoms with E-state index in [0.29, 0.717) is 5.56 Å². The Balaban J connectivity index is 3.21. The molecule has 13 heavy (non-hydrogen) atoms. The third-order valence-electron chi connectivity index (χ3n) is 1.89. The van der Waals surface area contributed by atoms with E-state index in [0.717, 1.165) is 5.56 Å². The Morgan fingerprint density at radius 1 is 1.46 bits per heavy atom. The number of isocyanates is 1. The molecule has 1 aromatic carbocycles. The van der Waals surface area contributed by atoms with Gasteiger partial charge in [-0.15, -0.1) is 0 Å². The van der Waals surface area contributed by atoms with Gasteiger partial charge in [0.1, 0.15) is 0 Å². The maximum Gasteiger partial charge on any atom is 0.238 e. The number of carbonyl (C=O) groups excluding carboxylic acids is 1. The highest BCUT2D eigenvalue weighted by molar-refractivity contribution is 5.38. The number of aliphatic imine (C=N–C) groups is 1. The van der Waals surface area contributed by atoms with Gasteiger partial charge < -0.3 is 0 Å². The Morgan fingerprint density at radius 2 is 2.08 bits per heavy atom. The molecule has 0 bridgehead atoms. The molecule has 1 unspecified atom stereocenters. The van der Waals surface area contributed by atoms with Crippen LogP contribution in [0.15, 0.2) is 29.3 Å². The SMILES string of the molecule is Cc1ccccc1C(C)(F)N=C=O. The first kappa shape index (κ1) is 9.62. The summed E-state index contributed by atoms with van der Waals surface area (Å²) in [6.45, 7) is 3.01. The van der Waals surface area contributed by atoms with Crippen molar-refractivity contribution in [1.29, 1.82) is 0 Å². The first-order valence-corrected chi connectivity index (χ1v) is 3.92. The van der Waals surface area contributed by atoms with E-state index in [1.807, 2.05) is 0 Å². The number of halogens is 1. The lowest BCUT2D eigenvalue weighted by Gasteiger charge is -2.15. The molecule has 0 heterocycles. The van der Waals surface area contributed by atoms with Gasteiger partial charge in [0.2, 0.25) is 11.9 Å². The largest absolute Gasteiger partial charge is 0.238 e. The summed E-state index contributed by atoms with van der Waals surface area (Å²) in [5.74, 6) is -1.97. The summed E-state index contributed by atoms with van der Waals surface area (Å²) in [4.78, 5) is 13.1. The number of nitrogens with zero attached hydrogens (tertiary/aromatic N) is 1. The molecule has 0 aliphatic carbocycles. The lowest BCUT2D eigenvalue weighted by Crippen LogP contribution is -2.12. The number of rotatable bonds is 2. The molecule has 0 aliphatic heterocycles. The Labute approximate surface area is 76.1 Å². The van der Waals surface area contributed by atoms with Gasteiger partial charge in [-0.05, 0) is 19.4 Å². The molecule has 68 valence electrons. The first-order valence-electron chi connectivity index (χ1n) is 3.92. The van der Waals surface area contributed by atoms with Gasteiger partial charge >= 0.3 is 0 Å². The van der Waals surface area contributed by atoms with Crippen LogP contribution >= 0.6 is 0 Å². The number of hydrogen-bond acceptors (Lipinski definition) is 2. The average molecular weight is 179 g/mol. The van der Waals surface area contributed by atoms with E-state index in [4.69, 9.17) is 0 Å². The molecule has 1 atom stereocenters. The van der Waals surface area contributed by atoms with Gasteiger partial charge in [-0.3, -0.25) is 0 Å². The molecule has 0 fully saturated rings. The Hall–Kier alpha value is -1.47. The molecule has 2 nitrogen and oxygen atoms in total. The first-order chi connectivity index (χ1) is 6.08. The fourth-order valence-corrected chi connectivity index (χ4v) is 1.23. The normalized spacial score (nSPS) is 14.4. The van der Waals surface area contributed by atoms with Crippen molar-refractivity contribution < 1.29 is 9.18 Å². The van der Waals surface area contributed by atoms with Crippen molar-refractivity contribution in [2.24, 2.45) is 4.99 Å². The smallest absolute Gasteiger partial charge is 0.212 e. The molecule has 0 aromatic heterocycles. The minimum atomic E-state index is -1.97. The molecule has 0 saturated heterocycles. The summed E-state index contributed by atoms with van der Waals surface area (Å²) >= 11 is 0. The van der Waals surface area contributed by atoms with Crippen LogP contribution in [0.2, 0.25) is 0 Å². The van der Waals surface area contributed by atoms with Crippen LogP contribution in [-0.4, -0.2) is 6.08 Å². The standard InChI is InChI=1S/C10H10FNO/c1-8-5-3-4-6-9(8)10(2,11)12-7-13/h3-6H,1-2H3. The lowest BCUT2D eigenvalue weighted by atomic mass is 10.0. The lowest BCUT2D eigenvalue weighted by molar-refractivity contribution is 0.205. The average Bonchev–Trinajstić information content (AvgIpc) is 2.04. The maximum absolute atomic E-state index is 13.7. The Kier molecular flexibility index (Phi) is 2.59. The summed E-state index contributed by atoms with van der Waals surface area (Å²) in [7, 11) is 0. The highest BCUT2D eigenvalue weighted by Crippen LogP contribution is 2.28.